The van der Waals surface area contributed by atoms with Crippen LogP contribution in [0, 0.1) is 5.92 Å². The van der Waals surface area contributed by atoms with E-state index in [-0.39, 0.29) is 17.3 Å². The second-order valence-electron chi connectivity index (χ2n) is 9.11. The van der Waals surface area contributed by atoms with Gasteiger partial charge in [-0.25, -0.2) is 0 Å². The molecule has 1 spiro atoms. The Morgan fingerprint density at radius 3 is 2.69 bits per heavy atom. The first-order valence-electron chi connectivity index (χ1n) is 11.6. The van der Waals surface area contributed by atoms with Crippen LogP contribution >= 0.6 is 0 Å². The number of benzene rings is 1. The predicted octanol–water partition coefficient (Wildman–Crippen LogP) is 3.98. The van der Waals surface area contributed by atoms with Crippen molar-refractivity contribution in [2.45, 2.75) is 56.8 Å². The minimum Gasteiger partial charge on any atom is -0.427 e. The number of nitrogens with zero attached hydrogens (tertiary/aromatic N) is 4. The minimum absolute atomic E-state index is 0.0883. The number of anilines is 1. The fourth-order valence-corrected chi connectivity index (χ4v) is 5.08. The molecule has 2 atom stereocenters. The van der Waals surface area contributed by atoms with Crippen molar-refractivity contribution in [3.63, 3.8) is 0 Å². The van der Waals surface area contributed by atoms with E-state index in [4.69, 9.17) is 14.2 Å². The van der Waals surface area contributed by atoms with Crippen LogP contribution in [0.5, 0.6) is 5.75 Å². The molecule has 2 aromatic rings. The largest absolute Gasteiger partial charge is 0.462 e. The zero-order valence-electron chi connectivity index (χ0n) is 18.2. The van der Waals surface area contributed by atoms with E-state index in [9.17, 15) is 0 Å². The van der Waals surface area contributed by atoms with E-state index < -0.39 is 11.9 Å². The van der Waals surface area contributed by atoms with Crippen LogP contribution in [0.4, 0.5) is 14.7 Å². The second kappa shape index (κ2) is 8.94. The molecule has 9 heteroatoms. The molecular weight excluding hydrogens is 418 g/mol. The maximum Gasteiger partial charge on any atom is 0.462 e. The number of hydrogen-bond acceptors (Lipinski definition) is 6. The maximum atomic E-state index is 15.3. The van der Waals surface area contributed by atoms with Gasteiger partial charge in [0.05, 0.1) is 12.2 Å². The number of aromatic nitrogens is 3. The summed E-state index contributed by atoms with van der Waals surface area (Å²) in [6, 6.07) is 8.10. The van der Waals surface area contributed by atoms with Crippen LogP contribution in [-0.2, 0) is 22.1 Å². The zero-order chi connectivity index (χ0) is 22.0. The van der Waals surface area contributed by atoms with Gasteiger partial charge in [0.1, 0.15) is 5.75 Å². The monoisotopic (exact) mass is 448 g/mol. The van der Waals surface area contributed by atoms with Gasteiger partial charge < -0.3 is 19.1 Å². The van der Waals surface area contributed by atoms with Gasteiger partial charge in [0.15, 0.2) is 0 Å². The molecule has 1 aromatic heterocycles. The predicted molar refractivity (Wildman–Crippen MR) is 114 cm³/mol. The summed E-state index contributed by atoms with van der Waals surface area (Å²) in [7, 11) is 0. The Morgan fingerprint density at radius 2 is 1.94 bits per heavy atom. The molecule has 0 aliphatic carbocycles. The molecule has 2 unspecified atom stereocenters. The normalized spacial score (nSPS) is 26.6. The number of piperidine rings is 1. The van der Waals surface area contributed by atoms with Crippen LogP contribution in [0.1, 0.15) is 44.3 Å². The molecule has 174 valence electrons. The molecule has 0 amide bonds. The number of rotatable bonds is 6. The summed E-state index contributed by atoms with van der Waals surface area (Å²) in [5, 5.41) is 8.20. The van der Waals surface area contributed by atoms with Gasteiger partial charge in [0, 0.05) is 38.8 Å². The average molecular weight is 449 g/mol. The Kier molecular flexibility index (Phi) is 6.03. The van der Waals surface area contributed by atoms with Gasteiger partial charge in [-0.3, -0.25) is 4.57 Å². The van der Waals surface area contributed by atoms with Gasteiger partial charge in [-0.2, -0.15) is 8.78 Å². The van der Waals surface area contributed by atoms with Gasteiger partial charge >= 0.3 is 6.11 Å². The molecule has 1 aromatic carbocycles. The number of para-hydroxylation sites is 1. The third kappa shape index (κ3) is 4.45. The number of alkyl halides is 2. The summed E-state index contributed by atoms with van der Waals surface area (Å²) < 4.78 is 48.9. The van der Waals surface area contributed by atoms with Crippen LogP contribution in [0.3, 0.4) is 0 Å². The van der Waals surface area contributed by atoms with Crippen LogP contribution < -0.4 is 9.64 Å². The Bertz CT molecular complexity index is 890. The van der Waals surface area contributed by atoms with E-state index in [0.29, 0.717) is 32.3 Å². The first-order valence-corrected chi connectivity index (χ1v) is 11.6. The van der Waals surface area contributed by atoms with Gasteiger partial charge in [-0.15, -0.1) is 10.2 Å². The number of hydrogen-bond donors (Lipinski definition) is 0. The molecule has 0 bridgehead atoms. The fourth-order valence-electron chi connectivity index (χ4n) is 5.08. The van der Waals surface area contributed by atoms with Crippen molar-refractivity contribution in [3.8, 4) is 5.75 Å². The van der Waals surface area contributed by atoms with Crippen LogP contribution in [0.15, 0.2) is 30.3 Å². The summed E-state index contributed by atoms with van der Waals surface area (Å²) in [6.07, 6.45) is 2.35. The molecule has 4 heterocycles. The van der Waals surface area contributed by atoms with E-state index >= 15 is 8.78 Å². The molecule has 3 aliphatic heterocycles. The van der Waals surface area contributed by atoms with Crippen molar-refractivity contribution in [1.29, 1.82) is 0 Å². The fraction of sp³-hybridized carbons (Fsp3) is 0.652. The quantitative estimate of drug-likeness (QED) is 0.666. The third-order valence-corrected chi connectivity index (χ3v) is 6.70. The van der Waals surface area contributed by atoms with Crippen LogP contribution in [0.25, 0.3) is 0 Å². The van der Waals surface area contributed by atoms with E-state index in [1.54, 1.807) is 22.8 Å². The first kappa shape index (κ1) is 21.6. The van der Waals surface area contributed by atoms with Gasteiger partial charge in [0.25, 0.3) is 0 Å². The Hall–Kier alpha value is -2.26. The third-order valence-electron chi connectivity index (χ3n) is 6.70. The lowest BCUT2D eigenvalue weighted by Gasteiger charge is -2.45. The van der Waals surface area contributed by atoms with Crippen molar-refractivity contribution in [1.82, 2.24) is 14.8 Å². The highest BCUT2D eigenvalue weighted by Gasteiger charge is 2.45. The van der Waals surface area contributed by atoms with E-state index in [1.165, 1.54) is 12.1 Å². The molecule has 32 heavy (non-hydrogen) atoms. The Balaban J connectivity index is 1.45. The lowest BCUT2D eigenvalue weighted by molar-refractivity contribution is -0.194. The molecule has 0 radical (unpaired) electrons. The molecular formula is C23H30F2N4O3. The topological polar surface area (TPSA) is 61.6 Å². The lowest BCUT2D eigenvalue weighted by Crippen LogP contribution is -2.52. The molecule has 0 saturated carbocycles. The summed E-state index contributed by atoms with van der Waals surface area (Å²) in [4.78, 5) is 2.07. The lowest BCUT2D eigenvalue weighted by atomic mass is 9.86. The van der Waals surface area contributed by atoms with Crippen LogP contribution in [-0.4, -0.2) is 53.3 Å². The summed E-state index contributed by atoms with van der Waals surface area (Å²) in [5.41, 5.74) is -0.215. The smallest absolute Gasteiger partial charge is 0.427 e. The summed E-state index contributed by atoms with van der Waals surface area (Å²) in [5.74, 6) is 0.231. The molecule has 7 nitrogen and oxygen atoms in total. The minimum atomic E-state index is -3.61. The van der Waals surface area contributed by atoms with Crippen molar-refractivity contribution < 1.29 is 23.0 Å². The van der Waals surface area contributed by atoms with Crippen molar-refractivity contribution in [2.24, 2.45) is 5.92 Å². The van der Waals surface area contributed by atoms with Crippen molar-refractivity contribution in [2.75, 3.05) is 37.8 Å². The van der Waals surface area contributed by atoms with Crippen molar-refractivity contribution in [3.05, 3.63) is 36.2 Å². The van der Waals surface area contributed by atoms with E-state index in [2.05, 4.69) is 15.1 Å². The maximum absolute atomic E-state index is 15.3. The van der Waals surface area contributed by atoms with Gasteiger partial charge in [-0.1, -0.05) is 18.2 Å². The van der Waals surface area contributed by atoms with Gasteiger partial charge in [0.2, 0.25) is 11.8 Å². The second-order valence-corrected chi connectivity index (χ2v) is 9.11. The molecule has 3 fully saturated rings. The van der Waals surface area contributed by atoms with E-state index in [0.717, 1.165) is 51.7 Å². The van der Waals surface area contributed by atoms with Crippen molar-refractivity contribution >= 4 is 5.95 Å². The highest BCUT2D eigenvalue weighted by Crippen LogP contribution is 2.37. The number of halogens is 2. The SMILES string of the molecule is FC(F)(Oc1ccccc1)c1nnc(N2CCCC3(CCCCO3)C2)n1CC1CCOC1. The Morgan fingerprint density at radius 1 is 1.09 bits per heavy atom. The molecule has 0 N–H and O–H groups in total. The highest BCUT2D eigenvalue weighted by atomic mass is 19.3. The molecule has 5 rings (SSSR count). The standard InChI is InChI=1S/C23H30F2N4O3/c24-23(25,32-19-7-2-1-3-8-19)20-26-27-21(29(20)15-18-9-14-30-16-18)28-12-6-11-22(17-28)10-4-5-13-31-22/h1-3,7-8,18H,4-6,9-17H2. The highest BCUT2D eigenvalue weighted by molar-refractivity contribution is 5.34. The summed E-state index contributed by atoms with van der Waals surface area (Å²) in [6.45, 7) is 3.72. The Labute approximate surface area is 186 Å². The van der Waals surface area contributed by atoms with Crippen LogP contribution in [0.2, 0.25) is 0 Å². The van der Waals surface area contributed by atoms with Gasteiger partial charge in [-0.05, 0) is 50.7 Å². The summed E-state index contributed by atoms with van der Waals surface area (Å²) >= 11 is 0. The zero-order valence-corrected chi connectivity index (χ0v) is 18.2. The average Bonchev–Trinajstić information content (AvgIpc) is 3.46. The molecule has 3 aliphatic rings. The number of ether oxygens (including phenoxy) is 3. The first-order chi connectivity index (χ1) is 15.5. The van der Waals surface area contributed by atoms with E-state index in [1.807, 2.05) is 0 Å². The molecule has 3 saturated heterocycles.